The highest BCUT2D eigenvalue weighted by Crippen LogP contribution is 2.08. The number of rotatable bonds is 18. The first kappa shape index (κ1) is 31.7. The smallest absolute Gasteiger partial charge is 0.326 e. The number of nitrogens with one attached hydrogen (secondary N) is 3. The highest BCUT2D eigenvalue weighted by Gasteiger charge is 2.31. The highest BCUT2D eigenvalue weighted by molar-refractivity contribution is 5.96. The number of primary amides is 2. The lowest BCUT2D eigenvalue weighted by molar-refractivity contribution is -0.142. The molecule has 0 aliphatic heterocycles. The van der Waals surface area contributed by atoms with Gasteiger partial charge in [0.1, 0.15) is 18.1 Å². The number of unbranched alkanes of at least 4 members (excludes halogenated alkanes) is 1. The Morgan fingerprint density at radius 2 is 1.34 bits per heavy atom. The molecule has 12 N–H and O–H groups in total. The number of carboxylic acid groups (broad SMARTS) is 1. The number of aliphatic carboxylic acids is 1. The molecular weight excluding hydrogens is 462 g/mol. The van der Waals surface area contributed by atoms with E-state index in [4.69, 9.17) is 22.9 Å². The van der Waals surface area contributed by atoms with E-state index in [0.717, 1.165) is 0 Å². The van der Waals surface area contributed by atoms with Crippen molar-refractivity contribution in [3.63, 3.8) is 0 Å². The predicted molar refractivity (Wildman–Crippen MR) is 126 cm³/mol. The summed E-state index contributed by atoms with van der Waals surface area (Å²) in [5.41, 5.74) is 21.7. The molecule has 0 aliphatic rings. The lowest BCUT2D eigenvalue weighted by Crippen LogP contribution is -2.58. The monoisotopic (exact) mass is 501 g/mol. The topological polar surface area (TPSA) is 263 Å². The number of hydrogen-bond donors (Lipinski definition) is 8. The van der Waals surface area contributed by atoms with E-state index < -0.39 is 66.1 Å². The number of carboxylic acids is 1. The van der Waals surface area contributed by atoms with Crippen LogP contribution in [0.4, 0.5) is 0 Å². The molecule has 0 aromatic carbocycles. The van der Waals surface area contributed by atoms with Gasteiger partial charge in [-0.05, 0) is 38.1 Å². The van der Waals surface area contributed by atoms with Crippen LogP contribution in [0.2, 0.25) is 0 Å². The van der Waals surface area contributed by atoms with Crippen molar-refractivity contribution in [2.75, 3.05) is 6.54 Å². The molecule has 5 amide bonds. The van der Waals surface area contributed by atoms with E-state index >= 15 is 0 Å². The van der Waals surface area contributed by atoms with Gasteiger partial charge in [-0.3, -0.25) is 24.0 Å². The van der Waals surface area contributed by atoms with E-state index in [1.807, 2.05) is 6.92 Å². The van der Waals surface area contributed by atoms with Crippen LogP contribution in [-0.4, -0.2) is 71.3 Å². The van der Waals surface area contributed by atoms with E-state index in [1.165, 1.54) is 0 Å². The van der Waals surface area contributed by atoms with Crippen LogP contribution in [0.15, 0.2) is 0 Å². The Hall–Kier alpha value is -3.26. The Kier molecular flexibility index (Phi) is 14.9. The summed E-state index contributed by atoms with van der Waals surface area (Å²) >= 11 is 0. The van der Waals surface area contributed by atoms with Crippen LogP contribution in [0.25, 0.3) is 0 Å². The molecule has 0 aromatic heterocycles. The van der Waals surface area contributed by atoms with Gasteiger partial charge in [-0.1, -0.05) is 20.3 Å². The average Bonchev–Trinajstić information content (AvgIpc) is 2.78. The third kappa shape index (κ3) is 12.7. The van der Waals surface area contributed by atoms with Crippen molar-refractivity contribution in [2.45, 2.75) is 83.0 Å². The summed E-state index contributed by atoms with van der Waals surface area (Å²) in [6.07, 6.45) is 0.643. The standard InChI is InChI=1S/C21H39N7O7/c1-3-11(2)17(25)20(33)26-12(6-4-5-9-22)18(31)28-14(10-16(24)30)19(32)27-13(21(34)35)7-8-15(23)29/h11-14,17H,3-10,22,25H2,1-2H3,(H2,23,29)(H2,24,30)(H,26,33)(H,27,32)(H,28,31)(H,34,35). The van der Waals surface area contributed by atoms with Crippen LogP contribution < -0.4 is 38.9 Å². The summed E-state index contributed by atoms with van der Waals surface area (Å²) in [7, 11) is 0. The van der Waals surface area contributed by atoms with Gasteiger partial charge >= 0.3 is 5.97 Å². The molecule has 5 atom stereocenters. The highest BCUT2D eigenvalue weighted by atomic mass is 16.4. The average molecular weight is 502 g/mol. The normalized spacial score (nSPS) is 15.1. The molecule has 0 bridgehead atoms. The third-order valence-electron chi connectivity index (χ3n) is 5.47. The van der Waals surface area contributed by atoms with Gasteiger partial charge in [0, 0.05) is 6.42 Å². The van der Waals surface area contributed by atoms with Crippen molar-refractivity contribution < 1.29 is 33.9 Å². The fourth-order valence-corrected chi connectivity index (χ4v) is 3.04. The van der Waals surface area contributed by atoms with Gasteiger partial charge in [0.2, 0.25) is 29.5 Å². The fraction of sp³-hybridized carbons (Fsp3) is 0.714. The van der Waals surface area contributed by atoms with Crippen molar-refractivity contribution >= 4 is 35.5 Å². The Labute approximate surface area is 204 Å². The maximum absolute atomic E-state index is 13.0. The summed E-state index contributed by atoms with van der Waals surface area (Å²) in [4.78, 5) is 72.1. The summed E-state index contributed by atoms with van der Waals surface area (Å²) in [5, 5.41) is 16.4. The van der Waals surface area contributed by atoms with Crippen LogP contribution in [-0.2, 0) is 28.8 Å². The van der Waals surface area contributed by atoms with Crippen molar-refractivity contribution in [2.24, 2.45) is 28.9 Å². The molecule has 0 aromatic rings. The van der Waals surface area contributed by atoms with Crippen molar-refractivity contribution in [3.05, 3.63) is 0 Å². The molecule has 14 nitrogen and oxygen atoms in total. The quantitative estimate of drug-likeness (QED) is 0.0898. The van der Waals surface area contributed by atoms with E-state index in [0.29, 0.717) is 25.8 Å². The maximum atomic E-state index is 13.0. The molecule has 200 valence electrons. The van der Waals surface area contributed by atoms with Gasteiger partial charge in [0.05, 0.1) is 12.5 Å². The lowest BCUT2D eigenvalue weighted by atomic mass is 9.98. The van der Waals surface area contributed by atoms with Crippen molar-refractivity contribution in [3.8, 4) is 0 Å². The van der Waals surface area contributed by atoms with Crippen LogP contribution >= 0.6 is 0 Å². The van der Waals surface area contributed by atoms with Crippen LogP contribution in [0, 0.1) is 5.92 Å². The number of hydrogen-bond acceptors (Lipinski definition) is 8. The zero-order chi connectivity index (χ0) is 27.1. The first-order valence-electron chi connectivity index (χ1n) is 11.5. The van der Waals surface area contributed by atoms with Gasteiger partial charge in [0.25, 0.3) is 0 Å². The Bertz CT molecular complexity index is 762. The van der Waals surface area contributed by atoms with E-state index in [1.54, 1.807) is 6.92 Å². The first-order chi connectivity index (χ1) is 16.3. The minimum atomic E-state index is -1.52. The molecule has 35 heavy (non-hydrogen) atoms. The number of carbonyl (C=O) groups is 6. The molecule has 0 heterocycles. The molecule has 0 spiro atoms. The molecule has 5 unspecified atom stereocenters. The number of amides is 5. The van der Waals surface area contributed by atoms with Gasteiger partial charge in [0.15, 0.2) is 0 Å². The second kappa shape index (κ2) is 16.4. The van der Waals surface area contributed by atoms with Crippen molar-refractivity contribution in [1.82, 2.24) is 16.0 Å². The zero-order valence-corrected chi connectivity index (χ0v) is 20.2. The van der Waals surface area contributed by atoms with E-state index in [2.05, 4.69) is 16.0 Å². The Balaban J connectivity index is 5.57. The van der Waals surface area contributed by atoms with Crippen LogP contribution in [0.5, 0.6) is 0 Å². The summed E-state index contributed by atoms with van der Waals surface area (Å²) < 4.78 is 0. The number of nitrogens with two attached hydrogens (primary N) is 4. The third-order valence-corrected chi connectivity index (χ3v) is 5.47. The molecular formula is C21H39N7O7. The molecule has 0 saturated heterocycles. The molecule has 14 heteroatoms. The summed E-state index contributed by atoms with van der Waals surface area (Å²) in [6, 6.07) is -4.96. The van der Waals surface area contributed by atoms with Crippen molar-refractivity contribution in [1.29, 1.82) is 0 Å². The minimum Gasteiger partial charge on any atom is -0.480 e. The minimum absolute atomic E-state index is 0.149. The molecule has 0 fully saturated rings. The molecule has 0 aliphatic carbocycles. The number of carbonyl (C=O) groups excluding carboxylic acids is 5. The van der Waals surface area contributed by atoms with Crippen LogP contribution in [0.1, 0.15) is 58.8 Å². The first-order valence-corrected chi connectivity index (χ1v) is 11.5. The zero-order valence-electron chi connectivity index (χ0n) is 20.2. The van der Waals surface area contributed by atoms with Gasteiger partial charge in [-0.2, -0.15) is 0 Å². The second-order valence-electron chi connectivity index (χ2n) is 8.39. The summed E-state index contributed by atoms with van der Waals surface area (Å²) in [6.45, 7) is 4.02. The fourth-order valence-electron chi connectivity index (χ4n) is 3.04. The van der Waals surface area contributed by atoms with E-state index in [-0.39, 0.29) is 25.2 Å². The van der Waals surface area contributed by atoms with Crippen LogP contribution in [0.3, 0.4) is 0 Å². The Morgan fingerprint density at radius 3 is 1.83 bits per heavy atom. The van der Waals surface area contributed by atoms with Gasteiger partial charge in [-0.25, -0.2) is 4.79 Å². The predicted octanol–water partition coefficient (Wildman–Crippen LogP) is -2.83. The van der Waals surface area contributed by atoms with Gasteiger partial charge in [-0.15, -0.1) is 0 Å². The molecule has 0 radical (unpaired) electrons. The van der Waals surface area contributed by atoms with E-state index in [9.17, 15) is 33.9 Å². The largest absolute Gasteiger partial charge is 0.480 e. The lowest BCUT2D eigenvalue weighted by Gasteiger charge is -2.25. The molecule has 0 rings (SSSR count). The summed E-state index contributed by atoms with van der Waals surface area (Å²) in [5.74, 6) is -5.62. The molecule has 0 saturated carbocycles. The SMILES string of the molecule is CCC(C)C(N)C(=O)NC(CCCCN)C(=O)NC(CC(N)=O)C(=O)NC(CCC(N)=O)C(=O)O. The Morgan fingerprint density at radius 1 is 0.800 bits per heavy atom. The second-order valence-corrected chi connectivity index (χ2v) is 8.39. The van der Waals surface area contributed by atoms with Gasteiger partial charge < -0.3 is 44.0 Å². The maximum Gasteiger partial charge on any atom is 0.326 e.